The molecule has 0 aliphatic carbocycles. The Morgan fingerprint density at radius 1 is 0.976 bits per heavy atom. The van der Waals surface area contributed by atoms with Crippen molar-refractivity contribution in [1.29, 1.82) is 0 Å². The topological polar surface area (TPSA) is 119 Å². The van der Waals surface area contributed by atoms with E-state index < -0.39 is 39.7 Å². The molecular formula is C30H37F2N3O5S. The lowest BCUT2D eigenvalue weighted by atomic mass is 10.00. The first-order chi connectivity index (χ1) is 19.5. The van der Waals surface area contributed by atoms with Crippen molar-refractivity contribution in [2.75, 3.05) is 30.3 Å². The molecule has 0 bridgehead atoms. The zero-order valence-electron chi connectivity index (χ0n) is 23.2. The van der Waals surface area contributed by atoms with Crippen molar-refractivity contribution in [3.63, 3.8) is 0 Å². The summed E-state index contributed by atoms with van der Waals surface area (Å²) in [4.78, 5) is 13.3. The maximum atomic E-state index is 13.9. The van der Waals surface area contributed by atoms with Gasteiger partial charge in [0.2, 0.25) is 10.0 Å². The molecule has 0 spiro atoms. The van der Waals surface area contributed by atoms with Crippen LogP contribution in [-0.4, -0.2) is 62.6 Å². The van der Waals surface area contributed by atoms with Crippen LogP contribution in [0.3, 0.4) is 0 Å². The third kappa shape index (κ3) is 9.89. The molecule has 4 N–H and O–H groups in total. The van der Waals surface area contributed by atoms with E-state index in [1.165, 1.54) is 29.8 Å². The lowest BCUT2D eigenvalue weighted by molar-refractivity contribution is 0.0830. The number of carbonyl (C=O) groups is 1. The Hall–Kier alpha value is -3.38. The molecule has 0 radical (unpaired) electrons. The van der Waals surface area contributed by atoms with E-state index in [2.05, 4.69) is 23.6 Å². The van der Waals surface area contributed by atoms with Crippen LogP contribution in [0.15, 0.2) is 66.7 Å². The van der Waals surface area contributed by atoms with E-state index in [-0.39, 0.29) is 49.4 Å². The van der Waals surface area contributed by atoms with E-state index in [0.717, 1.165) is 40.7 Å². The van der Waals surface area contributed by atoms with Crippen LogP contribution in [0.1, 0.15) is 40.4 Å². The summed E-state index contributed by atoms with van der Waals surface area (Å²) in [6.45, 7) is 2.44. The summed E-state index contributed by atoms with van der Waals surface area (Å²) in [6.07, 6.45) is 0.949. The highest BCUT2D eigenvalue weighted by molar-refractivity contribution is 7.92. The summed E-state index contributed by atoms with van der Waals surface area (Å²) in [7, 11) is -3.68. The lowest BCUT2D eigenvalue weighted by Crippen LogP contribution is -2.48. The van der Waals surface area contributed by atoms with Gasteiger partial charge in [-0.25, -0.2) is 17.2 Å². The fraction of sp³-hybridized carbons (Fsp3) is 0.367. The fourth-order valence-electron chi connectivity index (χ4n) is 4.49. The van der Waals surface area contributed by atoms with Gasteiger partial charge in [0.05, 0.1) is 24.1 Å². The number of rotatable bonds is 15. The predicted octanol–water partition coefficient (Wildman–Crippen LogP) is 3.17. The minimum absolute atomic E-state index is 0.0275. The molecule has 1 amide bonds. The third-order valence-electron chi connectivity index (χ3n) is 6.56. The number of anilines is 1. The van der Waals surface area contributed by atoms with Gasteiger partial charge in [-0.15, -0.1) is 0 Å². The Labute approximate surface area is 240 Å². The molecule has 41 heavy (non-hydrogen) atoms. The SMILES string of the molecule is CCc1cccc(CNC[C@H](O)[C@H](Cc2cc(F)cc(F)c2)NC(=O)c2cccc(N(CCCO)S(C)(=O)=O)c2)c1. The molecule has 0 heterocycles. The van der Waals surface area contributed by atoms with Gasteiger partial charge in [0.25, 0.3) is 5.91 Å². The average Bonchev–Trinajstić information content (AvgIpc) is 2.92. The van der Waals surface area contributed by atoms with Crippen LogP contribution in [0.2, 0.25) is 0 Å². The predicted molar refractivity (Wildman–Crippen MR) is 155 cm³/mol. The Bertz CT molecular complexity index is 1400. The standard InChI is InChI=1S/C30H37F2N3O5S/c1-3-21-7-4-8-22(13-21)19-33-20-29(37)28(16-23-14-25(31)18-26(32)15-23)34-30(38)24-9-5-10-27(17-24)35(11-6-12-36)41(2,39)40/h4-5,7-10,13-15,17-18,28-29,33,36-37H,3,6,11-12,16,19-20H2,1-2H3,(H,34,38)/t28-,29-/m0/s1. The number of hydrogen-bond donors (Lipinski definition) is 4. The molecular weight excluding hydrogens is 552 g/mol. The monoisotopic (exact) mass is 589 g/mol. The van der Waals surface area contributed by atoms with E-state index in [1.807, 2.05) is 18.2 Å². The lowest BCUT2D eigenvalue weighted by Gasteiger charge is -2.26. The van der Waals surface area contributed by atoms with Crippen LogP contribution in [0.5, 0.6) is 0 Å². The number of nitrogens with one attached hydrogen (secondary N) is 2. The minimum atomic E-state index is -3.68. The van der Waals surface area contributed by atoms with E-state index >= 15 is 0 Å². The van der Waals surface area contributed by atoms with Crippen LogP contribution in [0, 0.1) is 11.6 Å². The van der Waals surface area contributed by atoms with Gasteiger partial charge in [-0.3, -0.25) is 9.10 Å². The van der Waals surface area contributed by atoms with Crippen LogP contribution in [-0.2, 0) is 29.4 Å². The van der Waals surface area contributed by atoms with Crippen molar-refractivity contribution >= 4 is 21.6 Å². The molecule has 8 nitrogen and oxygen atoms in total. The van der Waals surface area contributed by atoms with Crippen molar-refractivity contribution in [3.8, 4) is 0 Å². The van der Waals surface area contributed by atoms with Crippen LogP contribution in [0.4, 0.5) is 14.5 Å². The average molecular weight is 590 g/mol. The fourth-order valence-corrected chi connectivity index (χ4v) is 5.44. The van der Waals surface area contributed by atoms with Gasteiger partial charge in [0, 0.05) is 37.9 Å². The second-order valence-electron chi connectivity index (χ2n) is 9.90. The van der Waals surface area contributed by atoms with Gasteiger partial charge >= 0.3 is 0 Å². The number of nitrogens with zero attached hydrogens (tertiary/aromatic N) is 1. The number of hydrogen-bond acceptors (Lipinski definition) is 6. The van der Waals surface area contributed by atoms with Crippen molar-refractivity contribution < 1.29 is 32.2 Å². The molecule has 222 valence electrons. The minimum Gasteiger partial charge on any atom is -0.396 e. The summed E-state index contributed by atoms with van der Waals surface area (Å²) in [5.74, 6) is -2.14. The molecule has 0 aliphatic rings. The van der Waals surface area contributed by atoms with E-state index in [1.54, 1.807) is 0 Å². The first kappa shape index (κ1) is 32.1. The number of aliphatic hydroxyl groups is 2. The van der Waals surface area contributed by atoms with Gasteiger partial charge < -0.3 is 20.8 Å². The Kier molecular flexibility index (Phi) is 11.8. The molecule has 0 aliphatic heterocycles. The molecule has 0 saturated carbocycles. The molecule has 0 fully saturated rings. The summed E-state index contributed by atoms with van der Waals surface area (Å²) in [6, 6.07) is 16.1. The second kappa shape index (κ2) is 15.0. The number of benzene rings is 3. The number of carbonyl (C=O) groups excluding carboxylic acids is 1. The molecule has 2 atom stereocenters. The van der Waals surface area contributed by atoms with Crippen molar-refractivity contribution in [3.05, 3.63) is 101 Å². The Morgan fingerprint density at radius 3 is 2.32 bits per heavy atom. The first-order valence-electron chi connectivity index (χ1n) is 13.4. The summed E-state index contributed by atoms with van der Waals surface area (Å²) in [5, 5.41) is 26.1. The summed E-state index contributed by atoms with van der Waals surface area (Å²) < 4.78 is 53.5. The van der Waals surface area contributed by atoms with Gasteiger partial charge in [-0.2, -0.15) is 0 Å². The van der Waals surface area contributed by atoms with E-state index in [4.69, 9.17) is 5.11 Å². The first-order valence-corrected chi connectivity index (χ1v) is 15.3. The second-order valence-corrected chi connectivity index (χ2v) is 11.8. The Morgan fingerprint density at radius 2 is 1.66 bits per heavy atom. The van der Waals surface area contributed by atoms with Crippen LogP contribution < -0.4 is 14.9 Å². The van der Waals surface area contributed by atoms with Crippen LogP contribution in [0.25, 0.3) is 0 Å². The zero-order valence-corrected chi connectivity index (χ0v) is 24.0. The van der Waals surface area contributed by atoms with Crippen molar-refractivity contribution in [1.82, 2.24) is 10.6 Å². The maximum absolute atomic E-state index is 13.9. The Balaban J connectivity index is 1.79. The van der Waals surface area contributed by atoms with Gasteiger partial charge in [-0.05, 0) is 66.3 Å². The largest absolute Gasteiger partial charge is 0.396 e. The molecule has 3 aromatic carbocycles. The number of sulfonamides is 1. The number of aliphatic hydroxyl groups excluding tert-OH is 2. The molecule has 0 unspecified atom stereocenters. The normalized spacial score (nSPS) is 13.0. The summed E-state index contributed by atoms with van der Waals surface area (Å²) in [5.41, 5.74) is 2.83. The smallest absolute Gasteiger partial charge is 0.251 e. The quantitative estimate of drug-likeness (QED) is 0.216. The molecule has 3 rings (SSSR count). The van der Waals surface area contributed by atoms with E-state index in [0.29, 0.717) is 6.54 Å². The van der Waals surface area contributed by atoms with E-state index in [9.17, 15) is 27.1 Å². The number of amides is 1. The molecule has 0 aromatic heterocycles. The third-order valence-corrected chi connectivity index (χ3v) is 7.75. The maximum Gasteiger partial charge on any atom is 0.251 e. The van der Waals surface area contributed by atoms with Gasteiger partial charge in [-0.1, -0.05) is 37.3 Å². The zero-order chi connectivity index (χ0) is 30.0. The van der Waals surface area contributed by atoms with Crippen molar-refractivity contribution in [2.24, 2.45) is 0 Å². The highest BCUT2D eigenvalue weighted by Crippen LogP contribution is 2.20. The summed E-state index contributed by atoms with van der Waals surface area (Å²) >= 11 is 0. The van der Waals surface area contributed by atoms with Gasteiger partial charge in [0.1, 0.15) is 11.6 Å². The molecule has 0 saturated heterocycles. The van der Waals surface area contributed by atoms with Crippen molar-refractivity contribution in [2.45, 2.75) is 44.9 Å². The van der Waals surface area contributed by atoms with Crippen LogP contribution >= 0.6 is 0 Å². The number of halogens is 2. The highest BCUT2D eigenvalue weighted by atomic mass is 32.2. The van der Waals surface area contributed by atoms with Gasteiger partial charge in [0.15, 0.2) is 0 Å². The highest BCUT2D eigenvalue weighted by Gasteiger charge is 2.24. The molecule has 3 aromatic rings. The molecule has 11 heteroatoms. The number of aryl methyl sites for hydroxylation is 1.